The van der Waals surface area contributed by atoms with E-state index < -0.39 is 0 Å². The molecule has 0 heterocycles. The summed E-state index contributed by atoms with van der Waals surface area (Å²) in [5.74, 6) is 0. The van der Waals surface area contributed by atoms with Gasteiger partial charge in [0.1, 0.15) is 0 Å². The normalized spacial score (nSPS) is 37.1. The topological polar surface area (TPSA) is 26.0 Å². The Balaban J connectivity index is 2.06. The summed E-state index contributed by atoms with van der Waals surface area (Å²) >= 11 is 0. The molecule has 1 nitrogen and oxygen atoms in total. The third kappa shape index (κ3) is 1.07. The molecule has 0 amide bonds. The summed E-state index contributed by atoms with van der Waals surface area (Å²) in [6.07, 6.45) is 3.64. The van der Waals surface area contributed by atoms with E-state index in [0.29, 0.717) is 5.41 Å². The lowest BCUT2D eigenvalue weighted by atomic mass is 9.37. The highest BCUT2D eigenvalue weighted by molar-refractivity contribution is 5.50. The Hall–Kier alpha value is -0.820. The van der Waals surface area contributed by atoms with Crippen molar-refractivity contribution in [2.24, 2.45) is 5.73 Å². The molecule has 0 atom stereocenters. The summed E-state index contributed by atoms with van der Waals surface area (Å²) in [6, 6.07) is 4.62. The third-order valence-electron chi connectivity index (χ3n) is 4.28. The molecule has 15 heavy (non-hydrogen) atoms. The second kappa shape index (κ2) is 2.46. The molecule has 3 aliphatic carbocycles. The Morgan fingerprint density at radius 3 is 1.87 bits per heavy atom. The van der Waals surface area contributed by atoms with Crippen LogP contribution in [0.25, 0.3) is 0 Å². The Kier molecular flexibility index (Phi) is 1.54. The quantitative estimate of drug-likeness (QED) is 0.743. The van der Waals surface area contributed by atoms with Gasteiger partial charge in [-0.2, -0.15) is 0 Å². The molecule has 0 saturated heterocycles. The molecule has 0 radical (unpaired) electrons. The van der Waals surface area contributed by atoms with Crippen molar-refractivity contribution in [2.75, 3.05) is 0 Å². The van der Waals surface area contributed by atoms with Crippen molar-refractivity contribution in [2.45, 2.75) is 51.0 Å². The minimum absolute atomic E-state index is 0.212. The van der Waals surface area contributed by atoms with E-state index in [9.17, 15) is 0 Å². The zero-order valence-corrected chi connectivity index (χ0v) is 9.85. The predicted molar refractivity (Wildman–Crippen MR) is 63.1 cm³/mol. The molecule has 3 fully saturated rings. The fraction of sp³-hybridized carbons (Fsp3) is 0.571. The van der Waals surface area contributed by atoms with Crippen molar-refractivity contribution in [3.8, 4) is 0 Å². The van der Waals surface area contributed by atoms with Crippen LogP contribution in [0.15, 0.2) is 12.1 Å². The number of rotatable bonds is 1. The van der Waals surface area contributed by atoms with Gasteiger partial charge in [-0.1, -0.05) is 17.7 Å². The number of benzene rings is 1. The molecule has 3 aliphatic rings. The zero-order chi connectivity index (χ0) is 10.8. The van der Waals surface area contributed by atoms with E-state index >= 15 is 0 Å². The molecule has 3 saturated carbocycles. The smallest absolute Gasteiger partial charge is 0.0179 e. The molecular formula is C14H19N. The average molecular weight is 201 g/mol. The molecule has 4 rings (SSSR count). The summed E-state index contributed by atoms with van der Waals surface area (Å²) in [5.41, 5.74) is 12.7. The van der Waals surface area contributed by atoms with Crippen LogP contribution in [-0.2, 0) is 5.41 Å². The van der Waals surface area contributed by atoms with Gasteiger partial charge in [0, 0.05) is 11.0 Å². The fourth-order valence-electron chi connectivity index (χ4n) is 4.15. The van der Waals surface area contributed by atoms with Gasteiger partial charge >= 0.3 is 0 Å². The predicted octanol–water partition coefficient (Wildman–Crippen LogP) is 2.74. The highest BCUT2D eigenvalue weighted by Gasteiger charge is 2.66. The van der Waals surface area contributed by atoms with Gasteiger partial charge in [-0.3, -0.25) is 0 Å². The first-order chi connectivity index (χ1) is 6.94. The second-order valence-electron chi connectivity index (χ2n) is 5.95. The lowest BCUT2D eigenvalue weighted by Crippen LogP contribution is -2.74. The van der Waals surface area contributed by atoms with E-state index in [4.69, 9.17) is 5.73 Å². The minimum Gasteiger partial charge on any atom is -0.325 e. The Bertz CT molecular complexity index is 402. The van der Waals surface area contributed by atoms with Crippen LogP contribution in [-0.4, -0.2) is 5.54 Å². The van der Waals surface area contributed by atoms with Gasteiger partial charge in [0.25, 0.3) is 0 Å². The van der Waals surface area contributed by atoms with E-state index in [1.807, 2.05) is 0 Å². The Morgan fingerprint density at radius 1 is 1.00 bits per heavy atom. The first-order valence-electron chi connectivity index (χ1n) is 5.81. The maximum atomic E-state index is 6.14. The summed E-state index contributed by atoms with van der Waals surface area (Å²) in [5, 5.41) is 0. The van der Waals surface area contributed by atoms with Gasteiger partial charge in [-0.15, -0.1) is 0 Å². The lowest BCUT2D eigenvalue weighted by Gasteiger charge is -2.70. The molecule has 0 aromatic heterocycles. The van der Waals surface area contributed by atoms with E-state index in [-0.39, 0.29) is 5.54 Å². The van der Waals surface area contributed by atoms with Crippen LogP contribution in [0.2, 0.25) is 0 Å². The van der Waals surface area contributed by atoms with Gasteiger partial charge < -0.3 is 5.73 Å². The second-order valence-corrected chi connectivity index (χ2v) is 5.95. The molecule has 80 valence electrons. The van der Waals surface area contributed by atoms with Crippen LogP contribution in [0.3, 0.4) is 0 Å². The van der Waals surface area contributed by atoms with Gasteiger partial charge in [-0.05, 0) is 56.7 Å². The highest BCUT2D eigenvalue weighted by Crippen LogP contribution is 2.67. The minimum atomic E-state index is 0.212. The molecular weight excluding hydrogens is 182 g/mol. The fourth-order valence-corrected chi connectivity index (χ4v) is 4.15. The highest BCUT2D eigenvalue weighted by atomic mass is 14.9. The molecule has 0 spiro atoms. The van der Waals surface area contributed by atoms with E-state index in [1.54, 1.807) is 5.56 Å². The SMILES string of the molecule is Cc1cc(C)c(C23CC(N)(C2)C3)c(C)c1. The molecule has 2 N–H and O–H groups in total. The molecule has 1 heteroatoms. The molecule has 1 aromatic carbocycles. The Morgan fingerprint density at radius 2 is 1.47 bits per heavy atom. The molecule has 0 aliphatic heterocycles. The summed E-state index contributed by atoms with van der Waals surface area (Å²) in [7, 11) is 0. The lowest BCUT2D eigenvalue weighted by molar-refractivity contribution is -0.0598. The van der Waals surface area contributed by atoms with Crippen molar-refractivity contribution in [1.29, 1.82) is 0 Å². The number of aryl methyl sites for hydroxylation is 3. The van der Waals surface area contributed by atoms with E-state index in [2.05, 4.69) is 32.9 Å². The first-order valence-corrected chi connectivity index (χ1v) is 5.81. The number of nitrogens with two attached hydrogens (primary N) is 1. The van der Waals surface area contributed by atoms with Crippen LogP contribution in [0.1, 0.15) is 41.5 Å². The average Bonchev–Trinajstić information content (AvgIpc) is 1.96. The van der Waals surface area contributed by atoms with Crippen molar-refractivity contribution >= 4 is 0 Å². The van der Waals surface area contributed by atoms with Crippen molar-refractivity contribution < 1.29 is 0 Å². The monoisotopic (exact) mass is 201 g/mol. The number of hydrogen-bond donors (Lipinski definition) is 1. The van der Waals surface area contributed by atoms with Crippen LogP contribution in [0.4, 0.5) is 0 Å². The summed E-state index contributed by atoms with van der Waals surface area (Å²) in [4.78, 5) is 0. The van der Waals surface area contributed by atoms with Gasteiger partial charge in [0.15, 0.2) is 0 Å². The van der Waals surface area contributed by atoms with Crippen molar-refractivity contribution in [3.05, 3.63) is 34.4 Å². The van der Waals surface area contributed by atoms with Crippen LogP contribution < -0.4 is 5.73 Å². The van der Waals surface area contributed by atoms with Crippen molar-refractivity contribution in [3.63, 3.8) is 0 Å². The van der Waals surface area contributed by atoms with Crippen LogP contribution >= 0.6 is 0 Å². The third-order valence-corrected chi connectivity index (χ3v) is 4.28. The molecule has 0 unspecified atom stereocenters. The Labute approximate surface area is 91.7 Å². The summed E-state index contributed by atoms with van der Waals surface area (Å²) < 4.78 is 0. The maximum absolute atomic E-state index is 6.14. The number of hydrogen-bond acceptors (Lipinski definition) is 1. The zero-order valence-electron chi connectivity index (χ0n) is 9.85. The molecule has 2 bridgehead atoms. The van der Waals surface area contributed by atoms with Gasteiger partial charge in [-0.25, -0.2) is 0 Å². The van der Waals surface area contributed by atoms with E-state index in [1.165, 1.54) is 36.0 Å². The van der Waals surface area contributed by atoms with Crippen LogP contribution in [0, 0.1) is 20.8 Å². The van der Waals surface area contributed by atoms with Gasteiger partial charge in [0.05, 0.1) is 0 Å². The molecule has 1 aromatic rings. The first kappa shape index (κ1) is 9.41. The maximum Gasteiger partial charge on any atom is 0.0179 e. The van der Waals surface area contributed by atoms with E-state index in [0.717, 1.165) is 0 Å². The standard InChI is InChI=1S/C14H19N/c1-9-4-10(2)12(11(3)5-9)13-6-14(15,7-13)8-13/h4-5H,6-8,15H2,1-3H3. The van der Waals surface area contributed by atoms with Gasteiger partial charge in [0.2, 0.25) is 0 Å². The van der Waals surface area contributed by atoms with Crippen LogP contribution in [0.5, 0.6) is 0 Å². The largest absolute Gasteiger partial charge is 0.325 e. The summed E-state index contributed by atoms with van der Waals surface area (Å²) in [6.45, 7) is 6.67. The van der Waals surface area contributed by atoms with Crippen molar-refractivity contribution in [1.82, 2.24) is 0 Å².